The first-order valence-corrected chi connectivity index (χ1v) is 6.92. The molecular weight excluding hydrogens is 214 g/mol. The molecule has 0 spiro atoms. The van der Waals surface area contributed by atoms with E-state index in [4.69, 9.17) is 14.7 Å². The van der Waals surface area contributed by atoms with Crippen LogP contribution in [0.3, 0.4) is 0 Å². The number of ether oxygens (including phenoxy) is 2. The second-order valence-corrected chi connectivity index (χ2v) is 5.42. The van der Waals surface area contributed by atoms with Gasteiger partial charge >= 0.3 is 0 Å². The Bertz CT molecular complexity index is 268. The van der Waals surface area contributed by atoms with Crippen molar-refractivity contribution in [3.8, 4) is 6.07 Å². The summed E-state index contributed by atoms with van der Waals surface area (Å²) < 4.78 is 11.3. The van der Waals surface area contributed by atoms with Gasteiger partial charge in [-0.25, -0.2) is 0 Å². The highest BCUT2D eigenvalue weighted by Crippen LogP contribution is 2.33. The summed E-state index contributed by atoms with van der Waals surface area (Å²) in [7, 11) is 0. The molecule has 1 aliphatic heterocycles. The van der Waals surface area contributed by atoms with E-state index in [1.165, 1.54) is 12.8 Å². The average Bonchev–Trinajstić information content (AvgIpc) is 2.89. The molecule has 0 aromatic carbocycles. The fourth-order valence-corrected chi connectivity index (χ4v) is 2.89. The molecule has 4 unspecified atom stereocenters. The summed E-state index contributed by atoms with van der Waals surface area (Å²) in [5, 5.41) is 9.16. The monoisotopic (exact) mass is 237 g/mol. The molecule has 2 rings (SSSR count). The lowest BCUT2D eigenvalue weighted by molar-refractivity contribution is -0.0268. The van der Waals surface area contributed by atoms with E-state index in [0.29, 0.717) is 5.92 Å². The number of nitriles is 1. The van der Waals surface area contributed by atoms with Gasteiger partial charge in [0, 0.05) is 12.5 Å². The molecule has 1 saturated heterocycles. The minimum Gasteiger partial charge on any atom is -0.381 e. The van der Waals surface area contributed by atoms with Gasteiger partial charge in [0.15, 0.2) is 0 Å². The zero-order valence-corrected chi connectivity index (χ0v) is 10.7. The molecule has 3 heteroatoms. The van der Waals surface area contributed by atoms with Gasteiger partial charge in [0.1, 0.15) is 0 Å². The third-order valence-corrected chi connectivity index (χ3v) is 4.21. The predicted octanol–water partition coefficient (Wildman–Crippen LogP) is 2.76. The lowest BCUT2D eigenvalue weighted by Crippen LogP contribution is -2.32. The van der Waals surface area contributed by atoms with Crippen LogP contribution in [0, 0.1) is 29.1 Å². The first kappa shape index (κ1) is 12.9. The molecule has 2 fully saturated rings. The average molecular weight is 237 g/mol. The highest BCUT2D eigenvalue weighted by atomic mass is 16.5. The first-order valence-electron chi connectivity index (χ1n) is 6.92. The molecule has 0 aromatic rings. The molecule has 0 radical (unpaired) electrons. The van der Waals surface area contributed by atoms with Crippen LogP contribution in [0.2, 0.25) is 0 Å². The molecule has 2 aliphatic rings. The predicted molar refractivity (Wildman–Crippen MR) is 65.4 cm³/mol. The fourth-order valence-electron chi connectivity index (χ4n) is 2.89. The van der Waals surface area contributed by atoms with Crippen LogP contribution in [-0.2, 0) is 9.47 Å². The summed E-state index contributed by atoms with van der Waals surface area (Å²) in [5.74, 6) is 1.42. The molecule has 1 saturated carbocycles. The van der Waals surface area contributed by atoms with Gasteiger partial charge in [-0.15, -0.1) is 0 Å². The van der Waals surface area contributed by atoms with E-state index >= 15 is 0 Å². The molecule has 0 bridgehead atoms. The zero-order chi connectivity index (χ0) is 12.1. The summed E-state index contributed by atoms with van der Waals surface area (Å²) in [4.78, 5) is 0. The highest BCUT2D eigenvalue weighted by molar-refractivity contribution is 4.93. The van der Waals surface area contributed by atoms with Crippen LogP contribution in [0.15, 0.2) is 0 Å². The summed E-state index contributed by atoms with van der Waals surface area (Å²) in [5.41, 5.74) is 0. The number of rotatable bonds is 4. The van der Waals surface area contributed by atoms with E-state index in [0.717, 1.165) is 45.0 Å². The Labute approximate surface area is 104 Å². The number of hydrogen-bond donors (Lipinski definition) is 0. The third-order valence-electron chi connectivity index (χ3n) is 4.21. The Balaban J connectivity index is 1.80. The van der Waals surface area contributed by atoms with Crippen molar-refractivity contribution in [2.24, 2.45) is 17.8 Å². The summed E-state index contributed by atoms with van der Waals surface area (Å²) in [6.07, 6.45) is 5.77. The van der Waals surface area contributed by atoms with Crippen LogP contribution in [0.4, 0.5) is 0 Å². The molecule has 3 nitrogen and oxygen atoms in total. The van der Waals surface area contributed by atoms with Gasteiger partial charge in [0.2, 0.25) is 0 Å². The molecule has 0 aromatic heterocycles. The van der Waals surface area contributed by atoms with Crippen molar-refractivity contribution in [1.29, 1.82) is 5.26 Å². The van der Waals surface area contributed by atoms with Crippen molar-refractivity contribution in [2.45, 2.75) is 45.1 Å². The highest BCUT2D eigenvalue weighted by Gasteiger charge is 2.31. The Kier molecular flexibility index (Phi) is 4.82. The molecule has 0 amide bonds. The van der Waals surface area contributed by atoms with Crippen LogP contribution in [0.5, 0.6) is 0 Å². The maximum Gasteiger partial charge on any atom is 0.0736 e. The zero-order valence-electron chi connectivity index (χ0n) is 10.7. The van der Waals surface area contributed by atoms with Crippen LogP contribution in [-0.4, -0.2) is 25.9 Å². The fraction of sp³-hybridized carbons (Fsp3) is 0.929. The van der Waals surface area contributed by atoms with E-state index in [1.807, 2.05) is 0 Å². The van der Waals surface area contributed by atoms with Crippen molar-refractivity contribution >= 4 is 0 Å². The van der Waals surface area contributed by atoms with E-state index < -0.39 is 0 Å². The number of hydrogen-bond acceptors (Lipinski definition) is 3. The van der Waals surface area contributed by atoms with Crippen LogP contribution >= 0.6 is 0 Å². The molecule has 1 heterocycles. The van der Waals surface area contributed by atoms with Gasteiger partial charge < -0.3 is 9.47 Å². The normalized spacial score (nSPS) is 37.9. The topological polar surface area (TPSA) is 42.2 Å². The molecular formula is C14H23NO2. The number of nitrogens with zero attached hydrogens (tertiary/aromatic N) is 1. The summed E-state index contributed by atoms with van der Waals surface area (Å²) >= 11 is 0. The summed E-state index contributed by atoms with van der Waals surface area (Å²) in [6.45, 7) is 4.72. The second kappa shape index (κ2) is 6.37. The smallest absolute Gasteiger partial charge is 0.0736 e. The van der Waals surface area contributed by atoms with Crippen molar-refractivity contribution in [1.82, 2.24) is 0 Å². The Morgan fingerprint density at radius 2 is 2.18 bits per heavy atom. The van der Waals surface area contributed by atoms with Crippen LogP contribution in [0.25, 0.3) is 0 Å². The van der Waals surface area contributed by atoms with Gasteiger partial charge in [-0.05, 0) is 31.6 Å². The molecule has 96 valence electrons. The maximum atomic E-state index is 9.16. The SMILES string of the molecule is CCC1CCC(C#N)C(OCC2CCOC2)C1. The van der Waals surface area contributed by atoms with Gasteiger partial charge in [-0.3, -0.25) is 0 Å². The van der Waals surface area contributed by atoms with E-state index in [-0.39, 0.29) is 12.0 Å². The van der Waals surface area contributed by atoms with Crippen molar-refractivity contribution in [3.63, 3.8) is 0 Å². The van der Waals surface area contributed by atoms with Gasteiger partial charge in [0.05, 0.1) is 31.3 Å². The lowest BCUT2D eigenvalue weighted by atomic mass is 9.79. The largest absolute Gasteiger partial charge is 0.381 e. The van der Waals surface area contributed by atoms with E-state index in [9.17, 15) is 0 Å². The molecule has 0 N–H and O–H groups in total. The maximum absolute atomic E-state index is 9.16. The summed E-state index contributed by atoms with van der Waals surface area (Å²) in [6, 6.07) is 2.42. The van der Waals surface area contributed by atoms with E-state index in [1.54, 1.807) is 0 Å². The minimum absolute atomic E-state index is 0.111. The third kappa shape index (κ3) is 3.43. The first-order chi connectivity index (χ1) is 8.33. The van der Waals surface area contributed by atoms with Crippen LogP contribution in [0.1, 0.15) is 39.0 Å². The lowest BCUT2D eigenvalue weighted by Gasteiger charge is -2.32. The molecule has 17 heavy (non-hydrogen) atoms. The molecule has 1 aliphatic carbocycles. The van der Waals surface area contributed by atoms with Crippen molar-refractivity contribution in [3.05, 3.63) is 0 Å². The Morgan fingerprint density at radius 1 is 1.29 bits per heavy atom. The molecule has 4 atom stereocenters. The standard InChI is InChI=1S/C14H23NO2/c1-2-11-3-4-13(8-15)14(7-11)17-10-12-5-6-16-9-12/h11-14H,2-7,9-10H2,1H3. The Hall–Kier alpha value is -0.590. The van der Waals surface area contributed by atoms with Crippen molar-refractivity contribution < 1.29 is 9.47 Å². The van der Waals surface area contributed by atoms with Gasteiger partial charge in [0.25, 0.3) is 0 Å². The van der Waals surface area contributed by atoms with E-state index in [2.05, 4.69) is 13.0 Å². The van der Waals surface area contributed by atoms with Crippen molar-refractivity contribution in [2.75, 3.05) is 19.8 Å². The van der Waals surface area contributed by atoms with Gasteiger partial charge in [-0.2, -0.15) is 5.26 Å². The quantitative estimate of drug-likeness (QED) is 0.755. The Morgan fingerprint density at radius 3 is 2.82 bits per heavy atom. The van der Waals surface area contributed by atoms with Crippen LogP contribution < -0.4 is 0 Å². The minimum atomic E-state index is 0.111. The van der Waals surface area contributed by atoms with Gasteiger partial charge in [-0.1, -0.05) is 13.3 Å². The second-order valence-electron chi connectivity index (χ2n) is 5.42.